The molecule has 0 unspecified atom stereocenters. The summed E-state index contributed by atoms with van der Waals surface area (Å²) in [5.74, 6) is -1.48. The molecule has 2 aliphatic heterocycles. The van der Waals surface area contributed by atoms with Crippen LogP contribution in [0.15, 0.2) is 47.3 Å². The van der Waals surface area contributed by atoms with E-state index < -0.39 is 28.0 Å². The van der Waals surface area contributed by atoms with E-state index in [4.69, 9.17) is 9.47 Å². The van der Waals surface area contributed by atoms with Gasteiger partial charge in [0.25, 0.3) is 11.2 Å². The Balaban J connectivity index is 1.75. The molecule has 172 valence electrons. The number of rotatable bonds is 4. The molecule has 0 aliphatic carbocycles. The lowest BCUT2D eigenvalue weighted by Gasteiger charge is -2.35. The molecular formula is C24H19N3O7. The molecule has 1 aromatic carbocycles. The van der Waals surface area contributed by atoms with Crippen molar-refractivity contribution in [1.29, 1.82) is 0 Å². The molecule has 10 heteroatoms. The Bertz CT molecular complexity index is 1500. The van der Waals surface area contributed by atoms with Gasteiger partial charge in [0.15, 0.2) is 0 Å². The van der Waals surface area contributed by atoms with Crippen LogP contribution in [0.5, 0.6) is 0 Å². The summed E-state index contributed by atoms with van der Waals surface area (Å²) < 4.78 is 12.3. The number of hydrogen-bond donors (Lipinski definition) is 0. The fourth-order valence-corrected chi connectivity index (χ4v) is 4.65. The van der Waals surface area contributed by atoms with Crippen LogP contribution in [0.25, 0.3) is 22.3 Å². The monoisotopic (exact) mass is 461 g/mol. The molecule has 4 heterocycles. The van der Waals surface area contributed by atoms with Crippen molar-refractivity contribution < 1.29 is 24.0 Å². The van der Waals surface area contributed by atoms with Crippen LogP contribution in [0.4, 0.5) is 5.69 Å². The highest BCUT2D eigenvalue weighted by Gasteiger charge is 2.50. The average molecular weight is 461 g/mol. The van der Waals surface area contributed by atoms with Gasteiger partial charge in [-0.1, -0.05) is 19.1 Å². The summed E-state index contributed by atoms with van der Waals surface area (Å²) in [7, 11) is 0. The van der Waals surface area contributed by atoms with E-state index in [-0.39, 0.29) is 36.4 Å². The van der Waals surface area contributed by atoms with E-state index in [2.05, 4.69) is 4.98 Å². The maximum Gasteiger partial charge on any atom is 0.355 e. The fraction of sp³-hybridized carbons (Fsp3) is 0.250. The van der Waals surface area contributed by atoms with E-state index in [1.165, 1.54) is 22.8 Å². The van der Waals surface area contributed by atoms with Crippen molar-refractivity contribution in [1.82, 2.24) is 9.55 Å². The SMILES string of the molecule is C/C=C/C(=O)O[C@]1(CC)C(=O)OCc2c1cc1n(c2=O)Cc2cc3c([N+](=O)[O-])cccc3nc2-1. The first-order valence-corrected chi connectivity index (χ1v) is 10.7. The molecule has 5 rings (SSSR count). The van der Waals surface area contributed by atoms with E-state index >= 15 is 0 Å². The number of carbonyl (C=O) groups excluding carboxylic acids is 2. The van der Waals surface area contributed by atoms with E-state index in [9.17, 15) is 24.5 Å². The first kappa shape index (κ1) is 21.5. The molecule has 10 nitrogen and oxygen atoms in total. The Hall–Kier alpha value is -4.34. The van der Waals surface area contributed by atoms with Crippen molar-refractivity contribution in [3.63, 3.8) is 0 Å². The van der Waals surface area contributed by atoms with Crippen LogP contribution in [0.1, 0.15) is 37.0 Å². The highest BCUT2D eigenvalue weighted by atomic mass is 16.6. The lowest BCUT2D eigenvalue weighted by molar-refractivity contribution is -0.383. The quantitative estimate of drug-likeness (QED) is 0.196. The fourth-order valence-electron chi connectivity index (χ4n) is 4.65. The van der Waals surface area contributed by atoms with Crippen LogP contribution < -0.4 is 5.56 Å². The van der Waals surface area contributed by atoms with Gasteiger partial charge in [0.1, 0.15) is 6.61 Å². The maximum atomic E-state index is 13.4. The molecule has 34 heavy (non-hydrogen) atoms. The topological polar surface area (TPSA) is 131 Å². The second kappa shape index (κ2) is 7.62. The molecule has 0 radical (unpaired) electrons. The number of hydrogen-bond acceptors (Lipinski definition) is 8. The molecule has 0 bridgehead atoms. The summed E-state index contributed by atoms with van der Waals surface area (Å²) in [4.78, 5) is 54.2. The number of carbonyl (C=O) groups is 2. The van der Waals surface area contributed by atoms with Gasteiger partial charge in [-0.3, -0.25) is 14.9 Å². The lowest BCUT2D eigenvalue weighted by Crippen LogP contribution is -2.47. The Kier molecular flexibility index (Phi) is 4.82. The minimum Gasteiger partial charge on any atom is -0.457 e. The predicted molar refractivity (Wildman–Crippen MR) is 120 cm³/mol. The molecule has 0 saturated heterocycles. The van der Waals surface area contributed by atoms with Gasteiger partial charge in [-0.15, -0.1) is 0 Å². The molecule has 1 atom stereocenters. The summed E-state index contributed by atoms with van der Waals surface area (Å²) in [5, 5.41) is 11.8. The largest absolute Gasteiger partial charge is 0.457 e. The van der Waals surface area contributed by atoms with E-state index in [1.807, 2.05) is 0 Å². The Labute approximate surface area is 192 Å². The molecule has 0 amide bonds. The zero-order valence-corrected chi connectivity index (χ0v) is 18.4. The summed E-state index contributed by atoms with van der Waals surface area (Å²) >= 11 is 0. The highest BCUT2D eigenvalue weighted by Crippen LogP contribution is 2.41. The van der Waals surface area contributed by atoms with Crippen molar-refractivity contribution >= 4 is 28.5 Å². The minimum absolute atomic E-state index is 0.0647. The number of esters is 2. The number of benzene rings is 1. The second-order valence-corrected chi connectivity index (χ2v) is 8.09. The molecule has 0 saturated carbocycles. The minimum atomic E-state index is -1.77. The summed E-state index contributed by atoms with van der Waals surface area (Å²) in [6, 6.07) is 7.93. The Morgan fingerprint density at radius 2 is 2.15 bits per heavy atom. The van der Waals surface area contributed by atoms with Crippen molar-refractivity contribution in [3.05, 3.63) is 79.6 Å². The van der Waals surface area contributed by atoms with Crippen LogP contribution in [0.3, 0.4) is 0 Å². The van der Waals surface area contributed by atoms with Crippen LogP contribution in [0, 0.1) is 10.1 Å². The zero-order valence-electron chi connectivity index (χ0n) is 18.4. The van der Waals surface area contributed by atoms with Crippen LogP contribution in [-0.2, 0) is 37.8 Å². The van der Waals surface area contributed by atoms with Crippen LogP contribution >= 0.6 is 0 Å². The molecule has 0 N–H and O–H groups in total. The summed E-state index contributed by atoms with van der Waals surface area (Å²) in [6.45, 7) is 3.23. The number of allylic oxidation sites excluding steroid dienone is 1. The number of pyridine rings is 2. The van der Waals surface area contributed by atoms with Crippen molar-refractivity contribution in [2.45, 2.75) is 39.0 Å². The third-order valence-corrected chi connectivity index (χ3v) is 6.27. The third kappa shape index (κ3) is 2.95. The first-order valence-electron chi connectivity index (χ1n) is 10.7. The van der Waals surface area contributed by atoms with E-state index in [1.54, 1.807) is 38.1 Å². The second-order valence-electron chi connectivity index (χ2n) is 8.09. The number of ether oxygens (including phenoxy) is 2. The standard InChI is InChI=1S/C24H19N3O7/c1-3-6-20(28)34-24(4-2)16-10-19-21-13(11-26(19)22(29)15(16)12-33-23(24)30)9-14-17(25-21)7-5-8-18(14)27(31)32/h3,5-10H,4,11-12H2,1-2H3/b6-3+/t24-/m0/s1. The number of cyclic esters (lactones) is 1. The average Bonchev–Trinajstić information content (AvgIpc) is 3.17. The van der Waals surface area contributed by atoms with Gasteiger partial charge in [-0.25, -0.2) is 14.6 Å². The van der Waals surface area contributed by atoms with E-state index in [0.717, 1.165) is 0 Å². The van der Waals surface area contributed by atoms with E-state index in [0.29, 0.717) is 27.9 Å². The predicted octanol–water partition coefficient (Wildman–Crippen LogP) is 3.11. The molecule has 3 aromatic rings. The van der Waals surface area contributed by atoms with Gasteiger partial charge >= 0.3 is 11.9 Å². The molecule has 0 fully saturated rings. The highest BCUT2D eigenvalue weighted by molar-refractivity contribution is 5.92. The summed E-state index contributed by atoms with van der Waals surface area (Å²) in [6.07, 6.45) is 2.74. The van der Waals surface area contributed by atoms with Gasteiger partial charge in [0, 0.05) is 23.3 Å². The molecular weight excluding hydrogens is 442 g/mol. The number of non-ortho nitro benzene ring substituents is 1. The number of fused-ring (bicyclic) bond motifs is 5. The third-order valence-electron chi connectivity index (χ3n) is 6.27. The number of aromatic nitrogens is 2. The molecule has 2 aromatic heterocycles. The van der Waals surface area contributed by atoms with Crippen molar-refractivity contribution in [3.8, 4) is 11.4 Å². The number of nitro groups is 1. The zero-order chi connectivity index (χ0) is 24.2. The van der Waals surface area contributed by atoms with Crippen molar-refractivity contribution in [2.75, 3.05) is 0 Å². The maximum absolute atomic E-state index is 13.4. The van der Waals surface area contributed by atoms with Crippen molar-refractivity contribution in [2.24, 2.45) is 0 Å². The van der Waals surface area contributed by atoms with Crippen LogP contribution in [0.2, 0.25) is 0 Å². The van der Waals surface area contributed by atoms with Crippen LogP contribution in [-0.4, -0.2) is 26.4 Å². The smallest absolute Gasteiger partial charge is 0.355 e. The normalized spacial score (nSPS) is 18.4. The number of nitro benzene ring substituents is 1. The Morgan fingerprint density at radius 1 is 1.35 bits per heavy atom. The van der Waals surface area contributed by atoms with Gasteiger partial charge in [0.05, 0.1) is 39.3 Å². The molecule has 0 spiro atoms. The van der Waals surface area contributed by atoms with Gasteiger partial charge in [-0.2, -0.15) is 0 Å². The Morgan fingerprint density at radius 3 is 2.85 bits per heavy atom. The van der Waals surface area contributed by atoms with Gasteiger partial charge in [-0.05, 0) is 31.5 Å². The van der Waals surface area contributed by atoms with Gasteiger partial charge < -0.3 is 14.0 Å². The lowest BCUT2D eigenvalue weighted by atomic mass is 9.85. The molecule has 2 aliphatic rings. The first-order chi connectivity index (χ1) is 16.3. The van der Waals surface area contributed by atoms with Gasteiger partial charge in [0.2, 0.25) is 5.60 Å². The number of nitrogens with zero attached hydrogens (tertiary/aromatic N) is 3. The summed E-state index contributed by atoms with van der Waals surface area (Å²) in [5.41, 5.74) is 0.243.